The van der Waals surface area contributed by atoms with Crippen molar-refractivity contribution >= 4 is 17.7 Å². The Morgan fingerprint density at radius 2 is 1.92 bits per heavy atom. The molecule has 2 heterocycles. The van der Waals surface area contributed by atoms with Crippen LogP contribution in [-0.2, 0) is 4.79 Å². The molecule has 1 amide bonds. The number of rotatable bonds is 6. The summed E-state index contributed by atoms with van der Waals surface area (Å²) in [5.74, 6) is 1.71. The predicted octanol–water partition coefficient (Wildman–Crippen LogP) is 2.61. The van der Waals surface area contributed by atoms with Crippen LogP contribution >= 0.6 is 11.8 Å². The van der Waals surface area contributed by atoms with Crippen molar-refractivity contribution in [2.45, 2.75) is 44.1 Å². The number of nitrogens with one attached hydrogen (secondary N) is 1. The van der Waals surface area contributed by atoms with Crippen molar-refractivity contribution in [3.05, 3.63) is 35.7 Å². The number of amides is 1. The molecule has 1 aliphatic heterocycles. The van der Waals surface area contributed by atoms with Crippen molar-refractivity contribution in [1.82, 2.24) is 19.8 Å². The summed E-state index contributed by atoms with van der Waals surface area (Å²) in [4.78, 5) is 15.0. The molecule has 0 radical (unpaired) electrons. The van der Waals surface area contributed by atoms with E-state index in [0.29, 0.717) is 19.7 Å². The highest BCUT2D eigenvalue weighted by Crippen LogP contribution is 2.38. The molecule has 26 heavy (non-hydrogen) atoms. The van der Waals surface area contributed by atoms with Gasteiger partial charge in [0.15, 0.2) is 0 Å². The summed E-state index contributed by atoms with van der Waals surface area (Å²) < 4.78 is 7.39. The molecule has 2 atom stereocenters. The van der Waals surface area contributed by atoms with Gasteiger partial charge < -0.3 is 15.1 Å². The van der Waals surface area contributed by atoms with Crippen LogP contribution in [0, 0.1) is 6.92 Å². The van der Waals surface area contributed by atoms with Crippen molar-refractivity contribution in [3.63, 3.8) is 0 Å². The lowest BCUT2D eigenvalue weighted by Crippen LogP contribution is -2.46. The van der Waals surface area contributed by atoms with Crippen LogP contribution in [0.5, 0.6) is 5.75 Å². The molecule has 2 aromatic rings. The molecule has 140 valence electrons. The number of fused-ring (bicyclic) bond motifs is 1. The predicted molar refractivity (Wildman–Crippen MR) is 102 cm³/mol. The van der Waals surface area contributed by atoms with E-state index in [1.165, 1.54) is 11.8 Å². The molecule has 1 N–H and O–H groups in total. The Hall–Kier alpha value is -2.22. The first-order valence-electron chi connectivity index (χ1n) is 8.95. The summed E-state index contributed by atoms with van der Waals surface area (Å²) >= 11 is 1.47. The van der Waals surface area contributed by atoms with E-state index >= 15 is 0 Å². The third kappa shape index (κ3) is 3.51. The summed E-state index contributed by atoms with van der Waals surface area (Å²) in [6.07, 6.45) is 0. The third-order valence-corrected chi connectivity index (χ3v) is 5.67. The first-order valence-corrected chi connectivity index (χ1v) is 9.83. The van der Waals surface area contributed by atoms with Crippen LogP contribution in [0.4, 0.5) is 0 Å². The van der Waals surface area contributed by atoms with Gasteiger partial charge in [0.2, 0.25) is 11.1 Å². The molecule has 0 saturated carbocycles. The van der Waals surface area contributed by atoms with E-state index in [2.05, 4.69) is 15.6 Å². The Balaban J connectivity index is 1.95. The fourth-order valence-electron chi connectivity index (χ4n) is 3.05. The number of benzene rings is 1. The highest BCUT2D eigenvalue weighted by molar-refractivity contribution is 8.00. The Kier molecular flexibility index (Phi) is 5.70. The van der Waals surface area contributed by atoms with Gasteiger partial charge in [-0.25, -0.2) is 4.68 Å². The van der Waals surface area contributed by atoms with Gasteiger partial charge in [0.1, 0.15) is 16.8 Å². The highest BCUT2D eigenvalue weighted by atomic mass is 32.2. The van der Waals surface area contributed by atoms with E-state index in [1.807, 2.05) is 61.5 Å². The first-order chi connectivity index (χ1) is 12.6. The molecule has 0 saturated heterocycles. The fourth-order valence-corrected chi connectivity index (χ4v) is 4.26. The van der Waals surface area contributed by atoms with Crippen LogP contribution in [0.2, 0.25) is 0 Å². The van der Waals surface area contributed by atoms with Gasteiger partial charge in [-0.2, -0.15) is 0 Å². The maximum absolute atomic E-state index is 13.1. The maximum atomic E-state index is 13.1. The van der Waals surface area contributed by atoms with E-state index < -0.39 is 0 Å². The quantitative estimate of drug-likeness (QED) is 0.837. The minimum absolute atomic E-state index is 0.110. The van der Waals surface area contributed by atoms with Gasteiger partial charge in [-0.15, -0.1) is 10.2 Å². The Morgan fingerprint density at radius 1 is 1.23 bits per heavy atom. The first kappa shape index (κ1) is 18.6. The monoisotopic (exact) mass is 375 g/mol. The molecular formula is C18H25N5O2S. The van der Waals surface area contributed by atoms with E-state index in [-0.39, 0.29) is 17.2 Å². The lowest BCUT2D eigenvalue weighted by molar-refractivity contribution is -0.130. The minimum atomic E-state index is -0.302. The molecule has 1 aliphatic rings. The molecule has 0 aliphatic carbocycles. The average molecular weight is 375 g/mol. The zero-order valence-corrected chi connectivity index (χ0v) is 16.4. The summed E-state index contributed by atoms with van der Waals surface area (Å²) in [5.41, 5.74) is 4.46. The van der Waals surface area contributed by atoms with E-state index in [4.69, 9.17) is 4.74 Å². The molecule has 8 heteroatoms. The number of ether oxygens (including phenoxy) is 1. The molecule has 0 bridgehead atoms. The number of nitrogens with zero attached hydrogens (tertiary/aromatic N) is 4. The van der Waals surface area contributed by atoms with Crippen LogP contribution < -0.4 is 10.2 Å². The molecule has 7 nitrogen and oxygen atoms in total. The highest BCUT2D eigenvalue weighted by Gasteiger charge is 2.38. The third-order valence-electron chi connectivity index (χ3n) is 4.47. The second-order valence-electron chi connectivity index (χ2n) is 6.02. The molecule has 0 spiro atoms. The van der Waals surface area contributed by atoms with E-state index in [9.17, 15) is 4.79 Å². The standard InChI is InChI=1S/C18H25N5O2S/c1-5-22(6-2)17(24)16-15(13-8-10-14(11-9-13)25-7-3)21-23-12(4)19-20-18(23)26-16/h8-11,15-16,21H,5-7H2,1-4H3/t15-,16+/m0/s1. The number of thioether (sulfide) groups is 1. The van der Waals surface area contributed by atoms with Crippen LogP contribution in [0.1, 0.15) is 38.2 Å². The van der Waals surface area contributed by atoms with Gasteiger partial charge in [0.25, 0.3) is 0 Å². The average Bonchev–Trinajstić information content (AvgIpc) is 3.03. The minimum Gasteiger partial charge on any atom is -0.494 e. The summed E-state index contributed by atoms with van der Waals surface area (Å²) in [6, 6.07) is 7.73. The number of carbonyl (C=O) groups is 1. The van der Waals surface area contributed by atoms with Gasteiger partial charge in [0, 0.05) is 13.1 Å². The van der Waals surface area contributed by atoms with Crippen molar-refractivity contribution in [3.8, 4) is 5.75 Å². The molecular weight excluding hydrogens is 350 g/mol. The molecule has 1 aromatic heterocycles. The van der Waals surface area contributed by atoms with E-state index in [1.54, 1.807) is 0 Å². The summed E-state index contributed by atoms with van der Waals surface area (Å²) in [7, 11) is 0. The summed E-state index contributed by atoms with van der Waals surface area (Å²) in [6.45, 7) is 9.86. The van der Waals surface area contributed by atoms with Crippen molar-refractivity contribution in [1.29, 1.82) is 0 Å². The van der Waals surface area contributed by atoms with Gasteiger partial charge in [0.05, 0.1) is 12.6 Å². The number of aryl methyl sites for hydroxylation is 1. The molecule has 0 unspecified atom stereocenters. The molecule has 0 fully saturated rings. The van der Waals surface area contributed by atoms with Crippen molar-refractivity contribution < 1.29 is 9.53 Å². The summed E-state index contributed by atoms with van der Waals surface area (Å²) in [5, 5.41) is 8.73. The van der Waals surface area contributed by atoms with Gasteiger partial charge in [-0.3, -0.25) is 4.79 Å². The zero-order valence-electron chi connectivity index (χ0n) is 15.6. The fraction of sp³-hybridized carbons (Fsp3) is 0.500. The number of carbonyl (C=O) groups excluding carboxylic acids is 1. The van der Waals surface area contributed by atoms with Crippen molar-refractivity contribution in [2.24, 2.45) is 0 Å². The van der Waals surface area contributed by atoms with E-state index in [0.717, 1.165) is 22.3 Å². The second-order valence-corrected chi connectivity index (χ2v) is 7.13. The Labute approximate surface area is 158 Å². The second kappa shape index (κ2) is 7.99. The van der Waals surface area contributed by atoms with Crippen LogP contribution in [0.25, 0.3) is 0 Å². The number of hydrogen-bond donors (Lipinski definition) is 1. The van der Waals surface area contributed by atoms with Gasteiger partial charge in [-0.1, -0.05) is 23.9 Å². The number of hydrogen-bond acceptors (Lipinski definition) is 6. The van der Waals surface area contributed by atoms with Gasteiger partial charge in [-0.05, 0) is 45.4 Å². The SMILES string of the molecule is CCOc1ccc([C@@H]2Nn3c(C)nnc3S[C@H]2C(=O)N(CC)CC)cc1. The van der Waals surface area contributed by atoms with Crippen LogP contribution in [-0.4, -0.2) is 50.6 Å². The lowest BCUT2D eigenvalue weighted by Gasteiger charge is -2.35. The Morgan fingerprint density at radius 3 is 2.54 bits per heavy atom. The van der Waals surface area contributed by atoms with Crippen molar-refractivity contribution in [2.75, 3.05) is 25.1 Å². The molecule has 3 rings (SSSR count). The zero-order chi connectivity index (χ0) is 18.7. The maximum Gasteiger partial charge on any atom is 0.238 e. The normalized spacial score (nSPS) is 18.8. The topological polar surface area (TPSA) is 72.3 Å². The molecule has 1 aromatic carbocycles. The number of aromatic nitrogens is 3. The van der Waals surface area contributed by atoms with Crippen LogP contribution in [0.3, 0.4) is 0 Å². The smallest absolute Gasteiger partial charge is 0.238 e. The Bertz CT molecular complexity index is 757. The lowest BCUT2D eigenvalue weighted by atomic mass is 10.0. The van der Waals surface area contributed by atoms with Crippen LogP contribution in [0.15, 0.2) is 29.4 Å². The van der Waals surface area contributed by atoms with Gasteiger partial charge >= 0.3 is 0 Å². The largest absolute Gasteiger partial charge is 0.494 e.